The number of carbonyl (C=O) groups excluding carboxylic acids is 1. The van der Waals surface area contributed by atoms with Gasteiger partial charge in [0.05, 0.1) is 35.5 Å². The minimum atomic E-state index is -0.357. The van der Waals surface area contributed by atoms with Gasteiger partial charge in [-0.1, -0.05) is 6.07 Å². The number of furan rings is 1. The van der Waals surface area contributed by atoms with Crippen LogP contribution in [0.25, 0.3) is 11.1 Å². The summed E-state index contributed by atoms with van der Waals surface area (Å²) in [5.41, 5.74) is 9.53. The van der Waals surface area contributed by atoms with Gasteiger partial charge in [-0.15, -0.1) is 0 Å². The number of carbonyl (C=O) groups is 1. The van der Waals surface area contributed by atoms with E-state index in [0.717, 1.165) is 11.1 Å². The zero-order valence-electron chi connectivity index (χ0n) is 13.4. The number of amides is 1. The predicted octanol–water partition coefficient (Wildman–Crippen LogP) is 2.79. The largest absolute Gasteiger partial charge is 0.472 e. The molecule has 3 aromatic rings. The van der Waals surface area contributed by atoms with Gasteiger partial charge in [-0.05, 0) is 36.2 Å². The van der Waals surface area contributed by atoms with Crippen LogP contribution in [0.1, 0.15) is 33.4 Å². The van der Waals surface area contributed by atoms with Gasteiger partial charge < -0.3 is 15.5 Å². The van der Waals surface area contributed by atoms with Crippen LogP contribution in [-0.4, -0.2) is 15.9 Å². The van der Waals surface area contributed by atoms with Gasteiger partial charge in [0, 0.05) is 12.0 Å². The Kier molecular flexibility index (Phi) is 3.49. The summed E-state index contributed by atoms with van der Waals surface area (Å²) in [6.07, 6.45) is 3.52. The molecule has 1 aliphatic heterocycles. The van der Waals surface area contributed by atoms with E-state index >= 15 is 0 Å². The fraction of sp³-hybridized carbons (Fsp3) is 0.167. The van der Waals surface area contributed by atoms with Gasteiger partial charge >= 0.3 is 0 Å². The monoisotopic (exact) mass is 338 g/mol. The summed E-state index contributed by atoms with van der Waals surface area (Å²) in [6.45, 7) is 1.73. The van der Waals surface area contributed by atoms with E-state index < -0.39 is 0 Å². The smallest absolute Gasteiger partial charge is 0.255 e. The van der Waals surface area contributed by atoms with Gasteiger partial charge in [-0.2, -0.15) is 0 Å². The fourth-order valence-electron chi connectivity index (χ4n) is 3.26. The van der Waals surface area contributed by atoms with Crippen LogP contribution in [0.2, 0.25) is 0 Å². The third-order valence-corrected chi connectivity index (χ3v) is 4.33. The molecule has 0 saturated heterocycles. The molecule has 1 aromatic carbocycles. The average molecular weight is 338 g/mol. The molecule has 2 aromatic heterocycles. The number of fused-ring (bicyclic) bond motifs is 1. The highest BCUT2D eigenvalue weighted by atomic mass is 19.1. The lowest BCUT2D eigenvalue weighted by Crippen LogP contribution is -2.37. The third-order valence-electron chi connectivity index (χ3n) is 4.33. The zero-order valence-corrected chi connectivity index (χ0v) is 13.4. The molecule has 0 bridgehead atoms. The number of nitrogen functional groups attached to an aromatic ring is 1. The topological polar surface area (TPSA) is 94.0 Å². The van der Waals surface area contributed by atoms with Crippen molar-refractivity contribution in [2.45, 2.75) is 19.4 Å². The zero-order chi connectivity index (χ0) is 17.6. The number of aromatic nitrogens is 2. The number of halogens is 1. The number of anilines is 1. The molecule has 1 amide bonds. The van der Waals surface area contributed by atoms with E-state index in [2.05, 4.69) is 15.3 Å². The molecule has 7 heteroatoms. The molecule has 1 aliphatic rings. The van der Waals surface area contributed by atoms with Crippen LogP contribution in [0, 0.1) is 12.7 Å². The van der Waals surface area contributed by atoms with Gasteiger partial charge in [-0.25, -0.2) is 14.4 Å². The number of hydrogen-bond donors (Lipinski definition) is 2. The number of rotatable bonds is 2. The molecule has 0 fully saturated rings. The third kappa shape index (κ3) is 2.63. The van der Waals surface area contributed by atoms with Crippen molar-refractivity contribution in [1.82, 2.24) is 15.3 Å². The van der Waals surface area contributed by atoms with Crippen LogP contribution in [0.4, 0.5) is 10.3 Å². The minimum absolute atomic E-state index is 0.138. The lowest BCUT2D eigenvalue weighted by Gasteiger charge is -2.27. The molecule has 0 spiro atoms. The first-order valence-electron chi connectivity index (χ1n) is 7.79. The highest BCUT2D eigenvalue weighted by molar-refractivity contribution is 5.98. The van der Waals surface area contributed by atoms with Crippen molar-refractivity contribution < 1.29 is 13.6 Å². The normalized spacial score (nSPS) is 16.4. The summed E-state index contributed by atoms with van der Waals surface area (Å²) < 4.78 is 18.9. The molecule has 0 aliphatic carbocycles. The Morgan fingerprint density at radius 1 is 1.32 bits per heavy atom. The van der Waals surface area contributed by atoms with Crippen molar-refractivity contribution in [3.63, 3.8) is 0 Å². The van der Waals surface area contributed by atoms with Gasteiger partial charge in [0.25, 0.3) is 5.91 Å². The molecule has 0 radical (unpaired) electrons. The maximum Gasteiger partial charge on any atom is 0.255 e. The highest BCUT2D eigenvalue weighted by Gasteiger charge is 2.30. The van der Waals surface area contributed by atoms with Crippen molar-refractivity contribution in [2.24, 2.45) is 0 Å². The molecule has 4 rings (SSSR count). The number of benzene rings is 1. The molecule has 1 atom stereocenters. The fourth-order valence-corrected chi connectivity index (χ4v) is 3.26. The number of aryl methyl sites for hydroxylation is 1. The Hall–Kier alpha value is -3.22. The molecule has 126 valence electrons. The van der Waals surface area contributed by atoms with E-state index in [0.29, 0.717) is 28.9 Å². The average Bonchev–Trinajstić information content (AvgIpc) is 3.07. The Labute approximate surface area is 142 Å². The minimum Gasteiger partial charge on any atom is -0.472 e. The van der Waals surface area contributed by atoms with Crippen LogP contribution >= 0.6 is 0 Å². The maximum atomic E-state index is 13.8. The molecule has 25 heavy (non-hydrogen) atoms. The van der Waals surface area contributed by atoms with Crippen LogP contribution < -0.4 is 11.1 Å². The summed E-state index contributed by atoms with van der Waals surface area (Å²) in [6, 6.07) is 5.88. The summed E-state index contributed by atoms with van der Waals surface area (Å²) in [7, 11) is 0. The van der Waals surface area contributed by atoms with Crippen molar-refractivity contribution >= 4 is 11.9 Å². The highest BCUT2D eigenvalue weighted by Crippen LogP contribution is 2.34. The van der Waals surface area contributed by atoms with Crippen LogP contribution in [0.15, 0.2) is 41.2 Å². The number of hydrogen-bond acceptors (Lipinski definition) is 5. The first-order valence-corrected chi connectivity index (χ1v) is 7.79. The second kappa shape index (κ2) is 5.70. The molecule has 0 saturated carbocycles. The Bertz CT molecular complexity index is 969. The van der Waals surface area contributed by atoms with E-state index in [1.165, 1.54) is 18.4 Å². The molecule has 3 heterocycles. The van der Waals surface area contributed by atoms with E-state index in [4.69, 9.17) is 10.2 Å². The lowest BCUT2D eigenvalue weighted by molar-refractivity contribution is 0.0922. The lowest BCUT2D eigenvalue weighted by atomic mass is 9.89. The van der Waals surface area contributed by atoms with Gasteiger partial charge in [0.1, 0.15) is 5.82 Å². The molecule has 3 N–H and O–H groups in total. The summed E-state index contributed by atoms with van der Waals surface area (Å²) >= 11 is 0. The Balaban J connectivity index is 1.81. The van der Waals surface area contributed by atoms with Crippen molar-refractivity contribution in [1.29, 1.82) is 0 Å². The van der Waals surface area contributed by atoms with Crippen molar-refractivity contribution in [2.75, 3.05) is 5.73 Å². The van der Waals surface area contributed by atoms with Gasteiger partial charge in [-0.3, -0.25) is 4.79 Å². The number of nitrogens with two attached hydrogens (primary N) is 1. The molecular formula is C18H15FN4O2. The van der Waals surface area contributed by atoms with E-state index in [-0.39, 0.29) is 23.7 Å². The summed E-state index contributed by atoms with van der Waals surface area (Å²) in [5.74, 6) is -0.477. The molecular weight excluding hydrogens is 323 g/mol. The van der Waals surface area contributed by atoms with E-state index in [1.54, 1.807) is 25.3 Å². The first-order chi connectivity index (χ1) is 12.0. The Morgan fingerprint density at radius 2 is 2.16 bits per heavy atom. The first kappa shape index (κ1) is 15.3. The van der Waals surface area contributed by atoms with Crippen LogP contribution in [0.5, 0.6) is 0 Å². The van der Waals surface area contributed by atoms with Crippen LogP contribution in [0.3, 0.4) is 0 Å². The van der Waals surface area contributed by atoms with Gasteiger partial charge in [0.2, 0.25) is 5.95 Å². The summed E-state index contributed by atoms with van der Waals surface area (Å²) in [4.78, 5) is 20.8. The van der Waals surface area contributed by atoms with E-state index in [1.807, 2.05) is 0 Å². The molecule has 6 nitrogen and oxygen atoms in total. The second-order valence-corrected chi connectivity index (χ2v) is 5.96. The predicted molar refractivity (Wildman–Crippen MR) is 89.2 cm³/mol. The number of nitrogens with zero attached hydrogens (tertiary/aromatic N) is 2. The van der Waals surface area contributed by atoms with Gasteiger partial charge in [0.15, 0.2) is 0 Å². The maximum absolute atomic E-state index is 13.8. The SMILES string of the molecule is Cc1nc(N)nc2c1C(=O)NC(c1ccc(F)cc1-c1ccoc1)C2. The van der Waals surface area contributed by atoms with E-state index in [9.17, 15) is 9.18 Å². The number of nitrogens with one attached hydrogen (secondary N) is 1. The quantitative estimate of drug-likeness (QED) is 0.749. The van der Waals surface area contributed by atoms with Crippen molar-refractivity contribution in [3.8, 4) is 11.1 Å². The standard InChI is InChI=1S/C18H15FN4O2/c1-9-16-15(23-18(20)21-9)7-14(22-17(16)24)12-3-2-11(19)6-13(12)10-4-5-25-8-10/h2-6,8,14H,7H2,1H3,(H,22,24)(H2,20,21,23). The Morgan fingerprint density at radius 3 is 2.92 bits per heavy atom. The summed E-state index contributed by atoms with van der Waals surface area (Å²) in [5, 5.41) is 2.96. The molecule has 1 unspecified atom stereocenters. The van der Waals surface area contributed by atoms with Crippen molar-refractivity contribution in [3.05, 3.63) is 65.1 Å². The van der Waals surface area contributed by atoms with Crippen LogP contribution in [-0.2, 0) is 6.42 Å². The second-order valence-electron chi connectivity index (χ2n) is 5.96.